The molecule has 8 nitrogen and oxygen atoms in total. The van der Waals surface area contributed by atoms with Crippen LogP contribution in [0.5, 0.6) is 5.75 Å². The van der Waals surface area contributed by atoms with Crippen molar-refractivity contribution in [3.05, 3.63) is 64.5 Å². The quantitative estimate of drug-likeness (QED) is 0.388. The lowest BCUT2D eigenvalue weighted by Crippen LogP contribution is -2.21. The molecule has 176 valence electrons. The van der Waals surface area contributed by atoms with Gasteiger partial charge < -0.3 is 24.9 Å². The second-order valence-electron chi connectivity index (χ2n) is 8.28. The Morgan fingerprint density at radius 1 is 1.29 bits per heavy atom. The molecule has 0 radical (unpaired) electrons. The van der Waals surface area contributed by atoms with Crippen LogP contribution in [0, 0.1) is 6.92 Å². The molecule has 0 saturated carbocycles. The van der Waals surface area contributed by atoms with Crippen LogP contribution in [0.25, 0.3) is 11.6 Å². The number of benzene rings is 1. The first-order chi connectivity index (χ1) is 16.4. The molecule has 0 spiro atoms. The van der Waals surface area contributed by atoms with Gasteiger partial charge in [0.2, 0.25) is 5.88 Å². The number of anilines is 2. The fourth-order valence-corrected chi connectivity index (χ4v) is 3.62. The van der Waals surface area contributed by atoms with E-state index in [9.17, 15) is 9.90 Å². The highest BCUT2D eigenvalue weighted by Crippen LogP contribution is 2.39. The summed E-state index contributed by atoms with van der Waals surface area (Å²) in [6.45, 7) is 8.80. The third kappa shape index (κ3) is 4.87. The zero-order chi connectivity index (χ0) is 24.2. The number of nitrogens with one attached hydrogen (secondary N) is 2. The highest BCUT2D eigenvalue weighted by atomic mass is 16.5. The average Bonchev–Trinajstić information content (AvgIpc) is 3.35. The molecule has 3 heterocycles. The van der Waals surface area contributed by atoms with Gasteiger partial charge in [-0.15, -0.1) is 0 Å². The fourth-order valence-electron chi connectivity index (χ4n) is 3.62. The second-order valence-corrected chi connectivity index (χ2v) is 8.28. The number of aliphatic imine (C=N–C) groups is 1. The van der Waals surface area contributed by atoms with Gasteiger partial charge in [0.25, 0.3) is 0 Å². The number of rotatable bonds is 8. The van der Waals surface area contributed by atoms with E-state index in [4.69, 9.17) is 9.15 Å². The number of aryl methyl sites for hydroxylation is 1. The molecule has 0 bridgehead atoms. The summed E-state index contributed by atoms with van der Waals surface area (Å²) in [7, 11) is 0. The average molecular weight is 461 g/mol. The Morgan fingerprint density at radius 2 is 2.12 bits per heavy atom. The third-order valence-electron chi connectivity index (χ3n) is 5.35. The van der Waals surface area contributed by atoms with Gasteiger partial charge in [0.1, 0.15) is 0 Å². The standard InChI is InChI=1S/C26H28N4O4/c1-5-33-26(32)22-23(31)21(12-18-14-29-24-19(18)7-6-10-27-24)34-25(22)30-20-9-8-17(11-16(20)4)13-28-15(2)3/h6-12,14-15,28,30-31H,5,13H2,1-4H3. The molecular weight excluding hydrogens is 432 g/mol. The molecule has 4 rings (SSSR count). The number of nitrogens with zero attached hydrogens (tertiary/aromatic N) is 2. The van der Waals surface area contributed by atoms with Gasteiger partial charge in [0.15, 0.2) is 22.9 Å². The number of aromatic nitrogens is 1. The molecule has 0 atom stereocenters. The van der Waals surface area contributed by atoms with E-state index in [-0.39, 0.29) is 29.6 Å². The lowest BCUT2D eigenvalue weighted by molar-refractivity contribution is 0.0524. The highest BCUT2D eigenvalue weighted by Gasteiger charge is 2.27. The molecule has 3 N–H and O–H groups in total. The molecule has 0 aliphatic carbocycles. The SMILES string of the molecule is CCOC(=O)c1c(Nc2ccc(CNC(C)C)cc2C)oc(C=C2C=Nc3ncccc32)c1O. The summed E-state index contributed by atoms with van der Waals surface area (Å²) >= 11 is 0. The highest BCUT2D eigenvalue weighted by molar-refractivity contribution is 6.21. The van der Waals surface area contributed by atoms with E-state index in [1.54, 1.807) is 25.4 Å². The molecule has 1 aliphatic rings. The number of hydrogen-bond acceptors (Lipinski definition) is 8. The van der Waals surface area contributed by atoms with Crippen molar-refractivity contribution in [2.24, 2.45) is 4.99 Å². The minimum atomic E-state index is -0.673. The lowest BCUT2D eigenvalue weighted by atomic mass is 10.1. The van der Waals surface area contributed by atoms with Gasteiger partial charge in [-0.05, 0) is 49.2 Å². The number of carbonyl (C=O) groups excluding carboxylic acids is 1. The third-order valence-corrected chi connectivity index (χ3v) is 5.35. The van der Waals surface area contributed by atoms with Crippen molar-refractivity contribution in [2.75, 3.05) is 11.9 Å². The number of hydrogen-bond donors (Lipinski definition) is 3. The monoisotopic (exact) mass is 460 g/mol. The van der Waals surface area contributed by atoms with E-state index in [0.717, 1.165) is 28.9 Å². The van der Waals surface area contributed by atoms with Gasteiger partial charge in [-0.2, -0.15) is 0 Å². The molecule has 34 heavy (non-hydrogen) atoms. The van der Waals surface area contributed by atoms with Crippen LogP contribution in [-0.4, -0.2) is 34.9 Å². The Labute approximate surface area is 198 Å². The van der Waals surface area contributed by atoms with Crippen LogP contribution >= 0.6 is 0 Å². The molecule has 3 aromatic rings. The molecular formula is C26H28N4O4. The van der Waals surface area contributed by atoms with E-state index in [1.165, 1.54) is 0 Å². The van der Waals surface area contributed by atoms with Crippen molar-refractivity contribution in [1.29, 1.82) is 0 Å². The summed E-state index contributed by atoms with van der Waals surface area (Å²) in [6.07, 6.45) is 4.94. The number of pyridine rings is 1. The van der Waals surface area contributed by atoms with E-state index in [0.29, 0.717) is 17.4 Å². The van der Waals surface area contributed by atoms with Gasteiger partial charge in [0.05, 0.1) is 6.61 Å². The number of ether oxygens (including phenoxy) is 1. The van der Waals surface area contributed by atoms with Crippen LogP contribution in [-0.2, 0) is 11.3 Å². The van der Waals surface area contributed by atoms with E-state index in [2.05, 4.69) is 40.5 Å². The summed E-state index contributed by atoms with van der Waals surface area (Å²) in [5.41, 5.74) is 4.34. The Balaban J connectivity index is 1.68. The van der Waals surface area contributed by atoms with Gasteiger partial charge in [-0.25, -0.2) is 14.8 Å². The molecule has 0 fully saturated rings. The summed E-state index contributed by atoms with van der Waals surface area (Å²) in [5.74, 6) is -0.145. The number of allylic oxidation sites excluding steroid dienone is 1. The smallest absolute Gasteiger partial charge is 0.347 e. The van der Waals surface area contributed by atoms with Crippen molar-refractivity contribution in [3.8, 4) is 5.75 Å². The van der Waals surface area contributed by atoms with Crippen LogP contribution in [0.1, 0.15) is 53.6 Å². The summed E-state index contributed by atoms with van der Waals surface area (Å²) < 4.78 is 11.1. The summed E-state index contributed by atoms with van der Waals surface area (Å²) in [4.78, 5) is 21.2. The molecule has 0 unspecified atom stereocenters. The molecule has 1 aliphatic heterocycles. The van der Waals surface area contributed by atoms with Gasteiger partial charge >= 0.3 is 5.97 Å². The molecule has 0 saturated heterocycles. The summed E-state index contributed by atoms with van der Waals surface area (Å²) in [5, 5.41) is 17.4. The minimum Gasteiger partial charge on any atom is -0.504 e. The van der Waals surface area contributed by atoms with Gasteiger partial charge in [-0.1, -0.05) is 26.0 Å². The van der Waals surface area contributed by atoms with E-state index >= 15 is 0 Å². The van der Waals surface area contributed by atoms with Gasteiger partial charge in [0, 0.05) is 41.8 Å². The van der Waals surface area contributed by atoms with Crippen LogP contribution in [0.4, 0.5) is 17.4 Å². The van der Waals surface area contributed by atoms with Crippen molar-refractivity contribution in [3.63, 3.8) is 0 Å². The minimum absolute atomic E-state index is 0.0556. The Kier molecular flexibility index (Phi) is 6.79. The summed E-state index contributed by atoms with van der Waals surface area (Å²) in [6, 6.07) is 10.1. The predicted molar refractivity (Wildman–Crippen MR) is 133 cm³/mol. The lowest BCUT2D eigenvalue weighted by Gasteiger charge is -2.12. The van der Waals surface area contributed by atoms with Crippen LogP contribution in [0.3, 0.4) is 0 Å². The van der Waals surface area contributed by atoms with E-state index < -0.39 is 5.97 Å². The normalized spacial score (nSPS) is 13.5. The number of fused-ring (bicyclic) bond motifs is 1. The molecule has 8 heteroatoms. The number of furan rings is 1. The molecule has 0 amide bonds. The van der Waals surface area contributed by atoms with Crippen LogP contribution < -0.4 is 10.6 Å². The second kappa shape index (κ2) is 9.93. The zero-order valence-corrected chi connectivity index (χ0v) is 19.7. The molecule has 2 aromatic heterocycles. The first-order valence-electron chi connectivity index (χ1n) is 11.2. The first-order valence-corrected chi connectivity index (χ1v) is 11.2. The molecule has 1 aromatic carbocycles. The predicted octanol–water partition coefficient (Wildman–Crippen LogP) is 5.36. The van der Waals surface area contributed by atoms with E-state index in [1.807, 2.05) is 31.2 Å². The number of esters is 1. The Morgan fingerprint density at radius 3 is 2.85 bits per heavy atom. The van der Waals surface area contributed by atoms with Crippen molar-refractivity contribution in [2.45, 2.75) is 40.3 Å². The maximum absolute atomic E-state index is 12.7. The van der Waals surface area contributed by atoms with Crippen molar-refractivity contribution >= 4 is 41.2 Å². The van der Waals surface area contributed by atoms with Crippen LogP contribution in [0.2, 0.25) is 0 Å². The Hall–Kier alpha value is -3.91. The number of carbonyl (C=O) groups is 1. The maximum atomic E-state index is 12.7. The largest absolute Gasteiger partial charge is 0.504 e. The number of aromatic hydroxyl groups is 1. The fraction of sp³-hybridized carbons (Fsp3) is 0.269. The topological polar surface area (TPSA) is 109 Å². The zero-order valence-electron chi connectivity index (χ0n) is 19.7. The van der Waals surface area contributed by atoms with Gasteiger partial charge in [-0.3, -0.25) is 0 Å². The van der Waals surface area contributed by atoms with Crippen LogP contribution in [0.15, 0.2) is 45.9 Å². The van der Waals surface area contributed by atoms with Crippen molar-refractivity contribution < 1.29 is 19.1 Å². The maximum Gasteiger partial charge on any atom is 0.347 e. The Bertz CT molecular complexity index is 1270. The van der Waals surface area contributed by atoms with Crippen molar-refractivity contribution in [1.82, 2.24) is 10.3 Å². The first kappa shape index (κ1) is 23.3.